The molecule has 2 heterocycles. The summed E-state index contributed by atoms with van der Waals surface area (Å²) in [5.41, 5.74) is -0.414. The molecular weight excluding hydrogens is 350 g/mol. The summed E-state index contributed by atoms with van der Waals surface area (Å²) in [7, 11) is -3.48. The lowest BCUT2D eigenvalue weighted by Gasteiger charge is -2.44. The zero-order valence-corrected chi connectivity index (χ0v) is 16.6. The number of piperidine rings is 1. The van der Waals surface area contributed by atoms with Crippen LogP contribution in [0.25, 0.3) is 0 Å². The third-order valence-electron chi connectivity index (χ3n) is 5.93. The van der Waals surface area contributed by atoms with Gasteiger partial charge >= 0.3 is 0 Å². The van der Waals surface area contributed by atoms with Crippen LogP contribution in [0.3, 0.4) is 0 Å². The van der Waals surface area contributed by atoms with Gasteiger partial charge in [0, 0.05) is 19.6 Å². The number of benzene rings is 1. The standard InChI is InChI=1S/C19H29N3O3S/c1-4-15(3)17-18(23)22(5-2)19(20-17)11-13-21(14-12-19)26(24,25)16-9-7-6-8-10-16/h6-10,15,17,20H,4-5,11-14H2,1-3H3/t15-,17-/m1/s1. The van der Waals surface area contributed by atoms with E-state index in [0.717, 1.165) is 6.42 Å². The van der Waals surface area contributed by atoms with Gasteiger partial charge in [-0.2, -0.15) is 4.31 Å². The fourth-order valence-electron chi connectivity index (χ4n) is 4.14. The van der Waals surface area contributed by atoms with Crippen molar-refractivity contribution in [2.24, 2.45) is 5.92 Å². The molecule has 144 valence electrons. The molecule has 0 radical (unpaired) electrons. The first-order valence-electron chi connectivity index (χ1n) is 9.50. The highest BCUT2D eigenvalue weighted by molar-refractivity contribution is 7.89. The summed E-state index contributed by atoms with van der Waals surface area (Å²) in [5, 5.41) is 3.57. The van der Waals surface area contributed by atoms with Crippen molar-refractivity contribution < 1.29 is 13.2 Å². The smallest absolute Gasteiger partial charge is 0.243 e. The molecule has 1 amide bonds. The SMILES string of the molecule is CC[C@@H](C)[C@H]1NC2(CCN(S(=O)(=O)c3ccccc3)CC2)N(CC)C1=O. The maximum Gasteiger partial charge on any atom is 0.243 e. The van der Waals surface area contributed by atoms with Gasteiger partial charge in [0.2, 0.25) is 15.9 Å². The van der Waals surface area contributed by atoms with Crippen LogP contribution >= 0.6 is 0 Å². The molecule has 0 aromatic heterocycles. The number of hydrogen-bond donors (Lipinski definition) is 1. The molecule has 2 aliphatic heterocycles. The second-order valence-electron chi connectivity index (χ2n) is 7.34. The molecule has 1 aromatic rings. The van der Waals surface area contributed by atoms with E-state index in [1.165, 1.54) is 0 Å². The predicted octanol–water partition coefficient (Wildman–Crippen LogP) is 2.03. The first-order chi connectivity index (χ1) is 12.4. The molecular formula is C19H29N3O3S. The molecule has 26 heavy (non-hydrogen) atoms. The zero-order chi connectivity index (χ0) is 18.9. The van der Waals surface area contributed by atoms with Gasteiger partial charge in [-0.25, -0.2) is 8.42 Å². The molecule has 0 saturated carbocycles. The van der Waals surface area contributed by atoms with E-state index in [-0.39, 0.29) is 17.9 Å². The quantitative estimate of drug-likeness (QED) is 0.850. The Morgan fingerprint density at radius 2 is 1.81 bits per heavy atom. The molecule has 1 N–H and O–H groups in total. The molecule has 7 heteroatoms. The summed E-state index contributed by atoms with van der Waals surface area (Å²) >= 11 is 0. The molecule has 1 aromatic carbocycles. The summed E-state index contributed by atoms with van der Waals surface area (Å²) in [6, 6.07) is 8.39. The minimum absolute atomic E-state index is 0.154. The number of hydrogen-bond acceptors (Lipinski definition) is 4. The van der Waals surface area contributed by atoms with Gasteiger partial charge in [0.05, 0.1) is 16.6 Å². The highest BCUT2D eigenvalue weighted by atomic mass is 32.2. The third kappa shape index (κ3) is 3.17. The van der Waals surface area contributed by atoms with Crippen LogP contribution in [0.5, 0.6) is 0 Å². The van der Waals surface area contributed by atoms with Crippen LogP contribution in [-0.2, 0) is 14.8 Å². The zero-order valence-electron chi connectivity index (χ0n) is 15.8. The van der Waals surface area contributed by atoms with Crippen LogP contribution in [0, 0.1) is 5.92 Å². The molecule has 2 fully saturated rings. The number of nitrogens with one attached hydrogen (secondary N) is 1. The Morgan fingerprint density at radius 1 is 1.19 bits per heavy atom. The molecule has 6 nitrogen and oxygen atoms in total. The average Bonchev–Trinajstić information content (AvgIpc) is 2.93. The van der Waals surface area contributed by atoms with Gasteiger partial charge in [-0.15, -0.1) is 0 Å². The van der Waals surface area contributed by atoms with Crippen LogP contribution in [0.1, 0.15) is 40.0 Å². The minimum Gasteiger partial charge on any atom is -0.323 e. The van der Waals surface area contributed by atoms with E-state index >= 15 is 0 Å². The lowest BCUT2D eigenvalue weighted by Crippen LogP contribution is -2.59. The van der Waals surface area contributed by atoms with Gasteiger partial charge < -0.3 is 4.90 Å². The highest BCUT2D eigenvalue weighted by Gasteiger charge is 2.52. The summed E-state index contributed by atoms with van der Waals surface area (Å²) in [6.45, 7) is 7.66. The molecule has 1 spiro atoms. The molecule has 3 rings (SSSR count). The van der Waals surface area contributed by atoms with E-state index in [9.17, 15) is 13.2 Å². The van der Waals surface area contributed by atoms with E-state index in [0.29, 0.717) is 37.4 Å². The van der Waals surface area contributed by atoms with Gasteiger partial charge in [-0.1, -0.05) is 38.5 Å². The number of carbonyl (C=O) groups is 1. The van der Waals surface area contributed by atoms with Crippen molar-refractivity contribution in [1.29, 1.82) is 0 Å². The van der Waals surface area contributed by atoms with Gasteiger partial charge in [0.1, 0.15) is 0 Å². The number of carbonyl (C=O) groups excluding carboxylic acids is 1. The van der Waals surface area contributed by atoms with E-state index < -0.39 is 15.7 Å². The predicted molar refractivity (Wildman–Crippen MR) is 101 cm³/mol. The monoisotopic (exact) mass is 379 g/mol. The van der Waals surface area contributed by atoms with Crippen LogP contribution in [0.15, 0.2) is 35.2 Å². The topological polar surface area (TPSA) is 69.7 Å². The maximum absolute atomic E-state index is 12.8. The minimum atomic E-state index is -3.48. The van der Waals surface area contributed by atoms with Crippen molar-refractivity contribution in [2.45, 2.75) is 56.6 Å². The molecule has 2 aliphatic rings. The van der Waals surface area contributed by atoms with Crippen molar-refractivity contribution in [1.82, 2.24) is 14.5 Å². The number of nitrogens with zero attached hydrogens (tertiary/aromatic N) is 2. The Morgan fingerprint density at radius 3 is 2.35 bits per heavy atom. The van der Waals surface area contributed by atoms with Crippen molar-refractivity contribution in [3.05, 3.63) is 30.3 Å². The number of likely N-dealkylation sites (N-methyl/N-ethyl adjacent to an activating group) is 1. The largest absolute Gasteiger partial charge is 0.323 e. The Bertz CT molecular complexity index is 743. The van der Waals surface area contributed by atoms with Crippen molar-refractivity contribution in [3.8, 4) is 0 Å². The Balaban J connectivity index is 1.78. The van der Waals surface area contributed by atoms with E-state index in [1.54, 1.807) is 28.6 Å². The number of sulfonamides is 1. The lowest BCUT2D eigenvalue weighted by molar-refractivity contribution is -0.133. The van der Waals surface area contributed by atoms with Crippen molar-refractivity contribution in [2.75, 3.05) is 19.6 Å². The van der Waals surface area contributed by atoms with Gasteiger partial charge in [0.25, 0.3) is 0 Å². The Hall–Kier alpha value is -1.44. The van der Waals surface area contributed by atoms with Gasteiger partial charge in [-0.05, 0) is 37.8 Å². The van der Waals surface area contributed by atoms with Crippen molar-refractivity contribution in [3.63, 3.8) is 0 Å². The normalized spacial score (nSPS) is 25.0. The second-order valence-corrected chi connectivity index (χ2v) is 9.28. The summed E-state index contributed by atoms with van der Waals surface area (Å²) in [6.07, 6.45) is 2.17. The van der Waals surface area contributed by atoms with Gasteiger partial charge in [0.15, 0.2) is 0 Å². The third-order valence-corrected chi connectivity index (χ3v) is 7.85. The molecule has 2 saturated heterocycles. The summed E-state index contributed by atoms with van der Waals surface area (Å²) in [5.74, 6) is 0.420. The van der Waals surface area contributed by atoms with Gasteiger partial charge in [-0.3, -0.25) is 10.1 Å². The maximum atomic E-state index is 12.8. The van der Waals surface area contributed by atoms with E-state index in [2.05, 4.69) is 19.2 Å². The van der Waals surface area contributed by atoms with Crippen molar-refractivity contribution >= 4 is 15.9 Å². The Kier molecular flexibility index (Phi) is 5.42. The fourth-order valence-corrected chi connectivity index (χ4v) is 5.60. The second kappa shape index (κ2) is 7.29. The van der Waals surface area contributed by atoms with Crippen LogP contribution < -0.4 is 5.32 Å². The first kappa shape index (κ1) is 19.3. The van der Waals surface area contributed by atoms with Crippen LogP contribution in [0.2, 0.25) is 0 Å². The number of rotatable bonds is 5. The van der Waals surface area contributed by atoms with E-state index in [4.69, 9.17) is 0 Å². The molecule has 0 unspecified atom stereocenters. The lowest BCUT2D eigenvalue weighted by atomic mass is 9.96. The van der Waals surface area contributed by atoms with Crippen LogP contribution in [0.4, 0.5) is 0 Å². The average molecular weight is 380 g/mol. The first-order valence-corrected chi connectivity index (χ1v) is 10.9. The molecule has 2 atom stereocenters. The van der Waals surface area contributed by atoms with Crippen LogP contribution in [-0.4, -0.2) is 54.9 Å². The molecule has 0 aliphatic carbocycles. The summed E-state index contributed by atoms with van der Waals surface area (Å²) in [4.78, 5) is 15.1. The number of amides is 1. The molecule has 0 bridgehead atoms. The Labute approximate surface area is 156 Å². The fraction of sp³-hybridized carbons (Fsp3) is 0.632. The van der Waals surface area contributed by atoms with E-state index in [1.807, 2.05) is 17.9 Å². The highest BCUT2D eigenvalue weighted by Crippen LogP contribution is 2.36. The summed E-state index contributed by atoms with van der Waals surface area (Å²) < 4.78 is 27.2.